The third-order valence-corrected chi connectivity index (χ3v) is 1.18. The van der Waals surface area contributed by atoms with E-state index in [9.17, 15) is 0 Å². The number of hydrogen-bond acceptors (Lipinski definition) is 4. The average Bonchev–Trinajstić information content (AvgIpc) is 1.98. The minimum Gasteiger partial charge on any atom is -0.399 e. The molecule has 0 heterocycles. The van der Waals surface area contributed by atoms with Gasteiger partial charge in [0.05, 0.1) is 6.61 Å². The molecule has 4 heteroatoms. The monoisotopic (exact) mass is 161 g/mol. The van der Waals surface area contributed by atoms with E-state index >= 15 is 0 Å². The van der Waals surface area contributed by atoms with Gasteiger partial charge in [-0.1, -0.05) is 5.16 Å². The van der Waals surface area contributed by atoms with Crippen LogP contribution in [0.1, 0.15) is 0 Å². The molecule has 58 valence electrons. The first kappa shape index (κ1) is 9.52. The zero-order valence-electron chi connectivity index (χ0n) is 6.07. The minimum atomic E-state index is -0.0924. The molecule has 0 saturated carbocycles. The Morgan fingerprint density at radius 3 is 2.90 bits per heavy atom. The van der Waals surface area contributed by atoms with Crippen LogP contribution in [-0.4, -0.2) is 30.8 Å². The highest BCUT2D eigenvalue weighted by Gasteiger charge is 1.88. The molecule has 0 atom stereocenters. The fraction of sp³-hybridized carbons (Fsp3) is 0.500. The maximum absolute atomic E-state index is 8.61. The van der Waals surface area contributed by atoms with Gasteiger partial charge in [-0.25, -0.2) is 0 Å². The van der Waals surface area contributed by atoms with Crippen LogP contribution in [0.15, 0.2) is 16.6 Å². The van der Waals surface area contributed by atoms with Gasteiger partial charge in [0.25, 0.3) is 0 Å². The molecule has 0 amide bonds. The quantitative estimate of drug-likeness (QED) is 0.491. The summed E-state index contributed by atoms with van der Waals surface area (Å²) in [6.07, 6.45) is 3.63. The maximum atomic E-state index is 8.61. The molecule has 0 radical (unpaired) electrons. The fourth-order valence-electron chi connectivity index (χ4n) is 0.376. The van der Waals surface area contributed by atoms with Crippen LogP contribution in [0.5, 0.6) is 0 Å². The molecule has 0 aromatic rings. The maximum Gasteiger partial charge on any atom is 0.106 e. The van der Waals surface area contributed by atoms with E-state index in [0.717, 1.165) is 0 Å². The molecule has 0 rings (SSSR count). The molecule has 0 bridgehead atoms. The van der Waals surface area contributed by atoms with Gasteiger partial charge in [-0.2, -0.15) is 0 Å². The van der Waals surface area contributed by atoms with Crippen molar-refractivity contribution in [1.82, 2.24) is 0 Å². The van der Waals surface area contributed by atoms with Gasteiger partial charge in [-0.05, 0) is 17.7 Å². The Morgan fingerprint density at radius 2 is 2.50 bits per heavy atom. The third-order valence-electron chi connectivity index (χ3n) is 0.767. The lowest BCUT2D eigenvalue weighted by atomic mass is 10.4. The molecule has 0 aromatic carbocycles. The zero-order chi connectivity index (χ0) is 7.82. The van der Waals surface area contributed by atoms with Crippen molar-refractivity contribution in [3.05, 3.63) is 11.5 Å². The predicted octanol–water partition coefficient (Wildman–Crippen LogP) is 0.858. The number of oxime groups is 1. The smallest absolute Gasteiger partial charge is 0.106 e. The molecule has 0 spiro atoms. The minimum absolute atomic E-state index is 0.0924. The van der Waals surface area contributed by atoms with E-state index in [2.05, 4.69) is 9.99 Å². The molecule has 0 saturated heterocycles. The predicted molar refractivity (Wildman–Crippen MR) is 44.2 cm³/mol. The van der Waals surface area contributed by atoms with E-state index in [1.807, 2.05) is 11.7 Å². The van der Waals surface area contributed by atoms with E-state index in [0.29, 0.717) is 5.71 Å². The Balaban J connectivity index is 3.82. The summed E-state index contributed by atoms with van der Waals surface area (Å²) in [7, 11) is 1.45. The highest BCUT2D eigenvalue weighted by Crippen LogP contribution is 1.94. The van der Waals surface area contributed by atoms with Crippen molar-refractivity contribution in [3.8, 4) is 0 Å². The van der Waals surface area contributed by atoms with Crippen molar-refractivity contribution in [2.75, 3.05) is 20.0 Å². The van der Waals surface area contributed by atoms with Crippen molar-refractivity contribution >= 4 is 17.5 Å². The SMILES string of the molecule is CO/N=C(\C=C\SC)CO. The lowest BCUT2D eigenvalue weighted by Crippen LogP contribution is -1.99. The molecule has 10 heavy (non-hydrogen) atoms. The number of aliphatic hydroxyl groups is 1. The van der Waals surface area contributed by atoms with Gasteiger partial charge in [0.1, 0.15) is 12.8 Å². The van der Waals surface area contributed by atoms with Gasteiger partial charge in [0.2, 0.25) is 0 Å². The fourth-order valence-corrected chi connectivity index (χ4v) is 0.669. The van der Waals surface area contributed by atoms with Crippen LogP contribution in [0.25, 0.3) is 0 Å². The summed E-state index contributed by atoms with van der Waals surface area (Å²) >= 11 is 1.54. The molecule has 1 N–H and O–H groups in total. The second-order valence-corrected chi connectivity index (χ2v) is 2.21. The molecule has 0 aliphatic heterocycles. The Hall–Kier alpha value is -0.480. The highest BCUT2D eigenvalue weighted by atomic mass is 32.2. The normalized spacial score (nSPS) is 12.5. The van der Waals surface area contributed by atoms with Crippen molar-refractivity contribution < 1.29 is 9.94 Å². The summed E-state index contributed by atoms with van der Waals surface area (Å²) < 4.78 is 0. The second kappa shape index (κ2) is 6.64. The molecular weight excluding hydrogens is 150 g/mol. The lowest BCUT2D eigenvalue weighted by Gasteiger charge is -1.92. The summed E-state index contributed by atoms with van der Waals surface area (Å²) in [6.45, 7) is -0.0924. The van der Waals surface area contributed by atoms with Crippen LogP contribution in [0.3, 0.4) is 0 Å². The van der Waals surface area contributed by atoms with Crippen LogP contribution < -0.4 is 0 Å². The molecule has 3 nitrogen and oxygen atoms in total. The molecule has 0 aromatic heterocycles. The standard InChI is InChI=1S/C6H11NO2S/c1-9-7-6(5-8)3-4-10-2/h3-4,8H,5H2,1-2H3/b4-3+,7-6+. The van der Waals surface area contributed by atoms with Gasteiger partial charge >= 0.3 is 0 Å². The summed E-state index contributed by atoms with van der Waals surface area (Å²) in [5.74, 6) is 0. The molecule has 0 unspecified atom stereocenters. The topological polar surface area (TPSA) is 41.8 Å². The van der Waals surface area contributed by atoms with Gasteiger partial charge in [-0.3, -0.25) is 0 Å². The van der Waals surface area contributed by atoms with Crippen molar-refractivity contribution in [1.29, 1.82) is 0 Å². The van der Waals surface area contributed by atoms with Crippen LogP contribution in [0, 0.1) is 0 Å². The average molecular weight is 161 g/mol. The number of aliphatic hydroxyl groups excluding tert-OH is 1. The Kier molecular flexibility index (Phi) is 6.32. The lowest BCUT2D eigenvalue weighted by molar-refractivity contribution is 0.210. The molecule has 0 fully saturated rings. The summed E-state index contributed by atoms with van der Waals surface area (Å²) in [5, 5.41) is 14.0. The van der Waals surface area contributed by atoms with Crippen molar-refractivity contribution in [2.24, 2.45) is 5.16 Å². The van der Waals surface area contributed by atoms with Crippen LogP contribution >= 0.6 is 11.8 Å². The summed E-state index contributed by atoms with van der Waals surface area (Å²) in [4.78, 5) is 4.46. The van der Waals surface area contributed by atoms with E-state index in [1.54, 1.807) is 17.8 Å². The van der Waals surface area contributed by atoms with E-state index in [1.165, 1.54) is 7.11 Å². The van der Waals surface area contributed by atoms with Gasteiger partial charge < -0.3 is 9.94 Å². The first-order valence-corrected chi connectivity index (χ1v) is 4.04. The third kappa shape index (κ3) is 4.40. The van der Waals surface area contributed by atoms with E-state index < -0.39 is 0 Å². The Morgan fingerprint density at radius 1 is 1.80 bits per heavy atom. The zero-order valence-corrected chi connectivity index (χ0v) is 6.89. The molecule has 0 aliphatic rings. The number of rotatable bonds is 4. The second-order valence-electron chi connectivity index (χ2n) is 1.46. The van der Waals surface area contributed by atoms with Gasteiger partial charge in [0.15, 0.2) is 0 Å². The Labute approximate surface area is 64.8 Å². The Bertz CT molecular complexity index is 134. The highest BCUT2D eigenvalue weighted by molar-refractivity contribution is 8.01. The van der Waals surface area contributed by atoms with E-state index in [4.69, 9.17) is 5.11 Å². The largest absolute Gasteiger partial charge is 0.399 e. The number of nitrogens with zero attached hydrogens (tertiary/aromatic N) is 1. The first-order chi connectivity index (χ1) is 4.85. The van der Waals surface area contributed by atoms with E-state index in [-0.39, 0.29) is 6.61 Å². The first-order valence-electron chi connectivity index (χ1n) is 2.75. The molecular formula is C6H11NO2S. The van der Waals surface area contributed by atoms with Gasteiger partial charge in [-0.15, -0.1) is 11.8 Å². The van der Waals surface area contributed by atoms with Crippen molar-refractivity contribution in [3.63, 3.8) is 0 Å². The van der Waals surface area contributed by atoms with Crippen LogP contribution in [-0.2, 0) is 4.84 Å². The summed E-state index contributed by atoms with van der Waals surface area (Å²) in [5.41, 5.74) is 0.525. The van der Waals surface area contributed by atoms with Crippen LogP contribution in [0.4, 0.5) is 0 Å². The van der Waals surface area contributed by atoms with Gasteiger partial charge in [0, 0.05) is 0 Å². The number of hydrogen-bond donors (Lipinski definition) is 1. The van der Waals surface area contributed by atoms with Crippen molar-refractivity contribution in [2.45, 2.75) is 0 Å². The summed E-state index contributed by atoms with van der Waals surface area (Å²) in [6, 6.07) is 0. The number of thioether (sulfide) groups is 1. The molecule has 0 aliphatic carbocycles. The van der Waals surface area contributed by atoms with Crippen LogP contribution in [0.2, 0.25) is 0 Å².